The van der Waals surface area contributed by atoms with Gasteiger partial charge in [-0.1, -0.05) is 11.6 Å². The summed E-state index contributed by atoms with van der Waals surface area (Å²) in [5, 5.41) is 12.3. The summed E-state index contributed by atoms with van der Waals surface area (Å²) in [4.78, 5) is 8.66. The van der Waals surface area contributed by atoms with Crippen molar-refractivity contribution >= 4 is 23.1 Å². The van der Waals surface area contributed by atoms with E-state index in [4.69, 9.17) is 16.9 Å². The van der Waals surface area contributed by atoms with Crippen molar-refractivity contribution in [1.29, 1.82) is 5.26 Å². The van der Waals surface area contributed by atoms with Crippen LogP contribution >= 0.6 is 11.6 Å². The van der Waals surface area contributed by atoms with Crippen LogP contribution in [0.15, 0.2) is 36.8 Å². The maximum Gasteiger partial charge on any atom is 0.145 e. The average Bonchev–Trinajstić information content (AvgIpc) is 2.87. The van der Waals surface area contributed by atoms with Crippen LogP contribution in [-0.2, 0) is 6.54 Å². The zero-order valence-electron chi connectivity index (χ0n) is 11.3. The number of halogens is 1. The van der Waals surface area contributed by atoms with Crippen molar-refractivity contribution in [2.75, 3.05) is 5.32 Å². The van der Waals surface area contributed by atoms with Gasteiger partial charge in [-0.3, -0.25) is 0 Å². The van der Waals surface area contributed by atoms with E-state index in [1.54, 1.807) is 6.07 Å². The number of nitrogens with zero attached hydrogens (tertiary/aromatic N) is 4. The van der Waals surface area contributed by atoms with Gasteiger partial charge in [0.15, 0.2) is 0 Å². The third-order valence-corrected chi connectivity index (χ3v) is 3.36. The number of nitriles is 1. The second-order valence-electron chi connectivity index (χ2n) is 4.72. The zero-order chi connectivity index (χ0) is 14.8. The second-order valence-corrected chi connectivity index (χ2v) is 5.13. The van der Waals surface area contributed by atoms with Crippen LogP contribution in [0.4, 0.5) is 5.82 Å². The van der Waals surface area contributed by atoms with Crippen LogP contribution in [0.1, 0.15) is 16.8 Å². The third-order valence-electron chi connectivity index (χ3n) is 3.07. The number of imidazole rings is 1. The molecule has 0 fully saturated rings. The van der Waals surface area contributed by atoms with Gasteiger partial charge >= 0.3 is 0 Å². The molecule has 104 valence electrons. The summed E-state index contributed by atoms with van der Waals surface area (Å²) >= 11 is 6.07. The molecule has 0 spiro atoms. The lowest BCUT2D eigenvalue weighted by atomic mass is 10.3. The Kier molecular flexibility index (Phi) is 3.46. The van der Waals surface area contributed by atoms with E-state index in [1.165, 1.54) is 11.8 Å². The average molecular weight is 298 g/mol. The highest BCUT2D eigenvalue weighted by Gasteiger charge is 2.06. The van der Waals surface area contributed by atoms with Gasteiger partial charge in [-0.2, -0.15) is 5.26 Å². The molecular weight excluding hydrogens is 286 g/mol. The number of rotatable bonds is 3. The lowest BCUT2D eigenvalue weighted by Crippen LogP contribution is -2.02. The minimum Gasteiger partial charge on any atom is -0.363 e. The Morgan fingerprint density at radius 2 is 2.29 bits per heavy atom. The van der Waals surface area contributed by atoms with Crippen molar-refractivity contribution in [3.8, 4) is 6.07 Å². The summed E-state index contributed by atoms with van der Waals surface area (Å²) in [7, 11) is 0. The summed E-state index contributed by atoms with van der Waals surface area (Å²) < 4.78 is 1.97. The second kappa shape index (κ2) is 5.43. The molecule has 0 amide bonds. The number of hydrogen-bond donors (Lipinski definition) is 1. The van der Waals surface area contributed by atoms with Gasteiger partial charge in [0, 0.05) is 18.6 Å². The molecule has 3 aromatic rings. The van der Waals surface area contributed by atoms with Crippen LogP contribution in [0, 0.1) is 18.3 Å². The van der Waals surface area contributed by atoms with E-state index >= 15 is 0 Å². The summed E-state index contributed by atoms with van der Waals surface area (Å²) in [5.41, 5.74) is 3.41. The largest absolute Gasteiger partial charge is 0.363 e. The molecule has 3 rings (SSSR count). The fourth-order valence-electron chi connectivity index (χ4n) is 2.02. The predicted molar refractivity (Wildman–Crippen MR) is 81.2 cm³/mol. The minimum absolute atomic E-state index is 0.425. The lowest BCUT2D eigenvalue weighted by Gasteiger charge is -2.05. The van der Waals surface area contributed by atoms with Crippen LogP contribution in [0.3, 0.4) is 0 Å². The smallest absolute Gasteiger partial charge is 0.145 e. The molecule has 5 nitrogen and oxygen atoms in total. The topological polar surface area (TPSA) is 66.0 Å². The molecule has 6 heteroatoms. The van der Waals surface area contributed by atoms with Crippen LogP contribution in [0.2, 0.25) is 5.02 Å². The molecule has 0 aliphatic heterocycles. The van der Waals surface area contributed by atoms with Crippen molar-refractivity contribution in [3.05, 3.63) is 58.6 Å². The highest BCUT2D eigenvalue weighted by Crippen LogP contribution is 2.20. The molecule has 0 saturated carbocycles. The molecule has 1 N–H and O–H groups in total. The molecule has 3 aromatic heterocycles. The Bertz CT molecular complexity index is 847. The predicted octanol–water partition coefficient (Wildman–Crippen LogP) is 3.17. The quantitative estimate of drug-likeness (QED) is 0.806. The van der Waals surface area contributed by atoms with Crippen molar-refractivity contribution in [2.45, 2.75) is 13.5 Å². The Labute approximate surface area is 126 Å². The summed E-state index contributed by atoms with van der Waals surface area (Å²) in [6.07, 6.45) is 5.43. The van der Waals surface area contributed by atoms with Gasteiger partial charge in [-0.15, -0.1) is 0 Å². The van der Waals surface area contributed by atoms with Gasteiger partial charge < -0.3 is 9.72 Å². The normalized spacial score (nSPS) is 10.5. The molecule has 0 atom stereocenters. The highest BCUT2D eigenvalue weighted by molar-refractivity contribution is 6.33. The maximum absolute atomic E-state index is 8.78. The summed E-state index contributed by atoms with van der Waals surface area (Å²) in [6, 6.07) is 7.65. The first kappa shape index (κ1) is 13.4. The standard InChI is InChI=1S/C15H12ClN5/c1-10-2-3-21-9-12(20-14(21)4-10)8-19-15-13(16)5-11(6-17)7-18-15/h2-5,7,9H,8H2,1H3,(H,18,19). The van der Waals surface area contributed by atoms with Gasteiger partial charge in [0.1, 0.15) is 17.5 Å². The first-order valence-electron chi connectivity index (χ1n) is 6.39. The molecule has 0 unspecified atom stereocenters. The van der Waals surface area contributed by atoms with Gasteiger partial charge in [-0.25, -0.2) is 9.97 Å². The van der Waals surface area contributed by atoms with E-state index in [-0.39, 0.29) is 0 Å². The third kappa shape index (κ3) is 2.81. The molecule has 0 bridgehead atoms. The van der Waals surface area contributed by atoms with Crippen LogP contribution in [0.5, 0.6) is 0 Å². The van der Waals surface area contributed by atoms with E-state index in [1.807, 2.05) is 41.9 Å². The first-order valence-corrected chi connectivity index (χ1v) is 6.77. The van der Waals surface area contributed by atoms with Gasteiger partial charge in [0.25, 0.3) is 0 Å². The van der Waals surface area contributed by atoms with Gasteiger partial charge in [-0.05, 0) is 30.7 Å². The number of aromatic nitrogens is 3. The molecule has 0 aliphatic rings. The highest BCUT2D eigenvalue weighted by atomic mass is 35.5. The van der Waals surface area contributed by atoms with Gasteiger partial charge in [0.05, 0.1) is 22.8 Å². The Morgan fingerprint density at radius 1 is 1.43 bits per heavy atom. The number of pyridine rings is 2. The van der Waals surface area contributed by atoms with Gasteiger partial charge in [0.2, 0.25) is 0 Å². The van der Waals surface area contributed by atoms with E-state index < -0.39 is 0 Å². The summed E-state index contributed by atoms with van der Waals surface area (Å²) in [6.45, 7) is 2.55. The van der Waals surface area contributed by atoms with Crippen molar-refractivity contribution in [3.63, 3.8) is 0 Å². The first-order chi connectivity index (χ1) is 10.2. The van der Waals surface area contributed by atoms with E-state index in [0.717, 1.165) is 11.3 Å². The van der Waals surface area contributed by atoms with Crippen LogP contribution in [0.25, 0.3) is 5.65 Å². The fraction of sp³-hybridized carbons (Fsp3) is 0.133. The van der Waals surface area contributed by atoms with Crippen molar-refractivity contribution < 1.29 is 0 Å². The molecule has 0 aliphatic carbocycles. The van der Waals surface area contributed by atoms with Crippen molar-refractivity contribution in [1.82, 2.24) is 14.4 Å². The lowest BCUT2D eigenvalue weighted by molar-refractivity contribution is 1.06. The maximum atomic E-state index is 8.78. The van der Waals surface area contributed by atoms with Crippen LogP contribution < -0.4 is 5.32 Å². The monoisotopic (exact) mass is 297 g/mol. The molecule has 0 radical (unpaired) electrons. The Hall–Kier alpha value is -2.58. The van der Waals surface area contributed by atoms with E-state index in [9.17, 15) is 0 Å². The number of aryl methyl sites for hydroxylation is 1. The zero-order valence-corrected chi connectivity index (χ0v) is 12.1. The van der Waals surface area contributed by atoms with E-state index in [0.29, 0.717) is 22.9 Å². The number of nitrogens with one attached hydrogen (secondary N) is 1. The molecule has 21 heavy (non-hydrogen) atoms. The summed E-state index contributed by atoms with van der Waals surface area (Å²) in [5.74, 6) is 0.545. The van der Waals surface area contributed by atoms with E-state index in [2.05, 4.69) is 15.3 Å². The minimum atomic E-state index is 0.425. The molecule has 0 aromatic carbocycles. The number of fused-ring (bicyclic) bond motifs is 1. The Balaban J connectivity index is 1.78. The number of hydrogen-bond acceptors (Lipinski definition) is 4. The molecule has 3 heterocycles. The SMILES string of the molecule is Cc1ccn2cc(CNc3ncc(C#N)cc3Cl)nc2c1. The molecule has 0 saturated heterocycles. The number of anilines is 1. The van der Waals surface area contributed by atoms with Crippen molar-refractivity contribution in [2.24, 2.45) is 0 Å². The van der Waals surface area contributed by atoms with Crippen LogP contribution in [-0.4, -0.2) is 14.4 Å². The molecular formula is C15H12ClN5. The fourth-order valence-corrected chi connectivity index (χ4v) is 2.26. The Morgan fingerprint density at radius 3 is 3.05 bits per heavy atom.